The molecule has 0 saturated carbocycles. The van der Waals surface area contributed by atoms with Gasteiger partial charge >= 0.3 is 0 Å². The molecule has 11 heteroatoms. The van der Waals surface area contributed by atoms with Crippen LogP contribution < -0.4 is 19.1 Å². The van der Waals surface area contributed by atoms with Crippen LogP contribution in [0.2, 0.25) is 0 Å². The van der Waals surface area contributed by atoms with E-state index in [0.717, 1.165) is 16.1 Å². The lowest BCUT2D eigenvalue weighted by Gasteiger charge is -2.22. The van der Waals surface area contributed by atoms with Crippen molar-refractivity contribution < 1.29 is 27.6 Å². The van der Waals surface area contributed by atoms with Gasteiger partial charge in [-0.3, -0.25) is 19.2 Å². The number of anilines is 1. The molecule has 0 aliphatic rings. The maximum Gasteiger partial charge on any atom is 0.271 e. The van der Waals surface area contributed by atoms with Gasteiger partial charge in [0.05, 0.1) is 37.1 Å². The first-order valence-electron chi connectivity index (χ1n) is 9.80. The molecule has 0 unspecified atom stereocenters. The van der Waals surface area contributed by atoms with Crippen LogP contribution in [0.3, 0.4) is 0 Å². The number of nitro benzene ring substituents is 1. The summed E-state index contributed by atoms with van der Waals surface area (Å²) in [6.45, 7) is 1.81. The minimum Gasteiger partial charge on any atom is -0.497 e. The van der Waals surface area contributed by atoms with Gasteiger partial charge in [-0.15, -0.1) is 0 Å². The van der Waals surface area contributed by atoms with E-state index in [1.165, 1.54) is 31.4 Å². The topological polar surface area (TPSA) is 128 Å². The molecule has 0 aliphatic heterocycles. The average Bonchev–Trinajstić information content (AvgIpc) is 2.75. The third-order valence-electron chi connectivity index (χ3n) is 4.77. The van der Waals surface area contributed by atoms with Gasteiger partial charge in [-0.1, -0.05) is 6.07 Å². The van der Waals surface area contributed by atoms with Gasteiger partial charge < -0.3 is 14.8 Å². The van der Waals surface area contributed by atoms with E-state index in [0.29, 0.717) is 11.5 Å². The Morgan fingerprint density at radius 1 is 1.19 bits per heavy atom. The van der Waals surface area contributed by atoms with Gasteiger partial charge in [0.15, 0.2) is 0 Å². The molecule has 2 aromatic carbocycles. The molecule has 0 saturated heterocycles. The maximum atomic E-state index is 12.5. The summed E-state index contributed by atoms with van der Waals surface area (Å²) in [5.41, 5.74) is 0.709. The SMILES string of the molecule is COc1ccc(OC)c([C@@H](C)NC(=O)CCCN(c2cccc([N+](=O)[O-])c2)S(C)(=O)=O)c1. The predicted molar refractivity (Wildman–Crippen MR) is 121 cm³/mol. The van der Waals surface area contributed by atoms with Crippen molar-refractivity contribution in [1.29, 1.82) is 0 Å². The molecule has 174 valence electrons. The molecule has 32 heavy (non-hydrogen) atoms. The van der Waals surface area contributed by atoms with Gasteiger partial charge in [0.1, 0.15) is 11.5 Å². The standard InChI is InChI=1S/C21H27N3O7S/c1-15(19-14-18(30-2)10-11-20(19)31-3)22-21(25)9-6-12-23(32(4,28)29)16-7-5-8-17(13-16)24(26)27/h5,7-8,10-11,13-15H,6,9,12H2,1-4H3,(H,22,25)/t15-/m1/s1. The van der Waals surface area contributed by atoms with E-state index in [9.17, 15) is 23.3 Å². The minimum atomic E-state index is -3.69. The molecule has 0 bridgehead atoms. The fourth-order valence-corrected chi connectivity index (χ4v) is 4.16. The van der Waals surface area contributed by atoms with Crippen LogP contribution in [-0.2, 0) is 14.8 Å². The second kappa shape index (κ2) is 10.8. The number of nitrogens with one attached hydrogen (secondary N) is 1. The summed E-state index contributed by atoms with van der Waals surface area (Å²) < 4.78 is 36.1. The third-order valence-corrected chi connectivity index (χ3v) is 5.97. The Kier molecular flexibility index (Phi) is 8.41. The zero-order valence-electron chi connectivity index (χ0n) is 18.4. The second-order valence-electron chi connectivity index (χ2n) is 7.11. The predicted octanol–water partition coefficient (Wildman–Crippen LogP) is 3.04. The van der Waals surface area contributed by atoms with Crippen LogP contribution in [0.1, 0.15) is 31.4 Å². The number of hydrogen-bond donors (Lipinski definition) is 1. The van der Waals surface area contributed by atoms with E-state index in [1.54, 1.807) is 32.2 Å². The summed E-state index contributed by atoms with van der Waals surface area (Å²) >= 11 is 0. The fraction of sp³-hybridized carbons (Fsp3) is 0.381. The molecule has 0 heterocycles. The number of nitro groups is 1. The third kappa shape index (κ3) is 6.58. The lowest BCUT2D eigenvalue weighted by atomic mass is 10.1. The molecule has 2 rings (SSSR count). The van der Waals surface area contributed by atoms with E-state index in [4.69, 9.17) is 9.47 Å². The zero-order chi connectivity index (χ0) is 23.9. The van der Waals surface area contributed by atoms with Gasteiger partial charge in [0.25, 0.3) is 5.69 Å². The number of rotatable bonds is 11. The molecule has 0 aliphatic carbocycles. The molecule has 2 aromatic rings. The number of methoxy groups -OCH3 is 2. The highest BCUT2D eigenvalue weighted by Crippen LogP contribution is 2.29. The van der Waals surface area contributed by atoms with Crippen LogP contribution in [0.15, 0.2) is 42.5 Å². The van der Waals surface area contributed by atoms with E-state index < -0.39 is 14.9 Å². The number of sulfonamides is 1. The minimum absolute atomic E-state index is 0.00425. The first-order valence-corrected chi connectivity index (χ1v) is 11.6. The highest BCUT2D eigenvalue weighted by molar-refractivity contribution is 7.92. The molecule has 1 N–H and O–H groups in total. The Hall–Kier alpha value is -3.34. The van der Waals surface area contributed by atoms with Crippen LogP contribution in [0.4, 0.5) is 11.4 Å². The van der Waals surface area contributed by atoms with Crippen molar-refractivity contribution in [1.82, 2.24) is 5.32 Å². The van der Waals surface area contributed by atoms with Gasteiger partial charge in [-0.05, 0) is 37.6 Å². The van der Waals surface area contributed by atoms with E-state index in [1.807, 2.05) is 0 Å². The molecular formula is C21H27N3O7S. The molecule has 1 atom stereocenters. The number of amides is 1. The second-order valence-corrected chi connectivity index (χ2v) is 9.02. The van der Waals surface area contributed by atoms with Crippen molar-refractivity contribution in [2.24, 2.45) is 0 Å². The summed E-state index contributed by atoms with van der Waals surface area (Å²) in [6.07, 6.45) is 1.31. The Labute approximate surface area is 187 Å². The number of carbonyl (C=O) groups is 1. The Morgan fingerprint density at radius 2 is 1.91 bits per heavy atom. The summed E-state index contributed by atoms with van der Waals surface area (Å²) in [4.78, 5) is 22.9. The molecule has 0 aromatic heterocycles. The number of hydrogen-bond acceptors (Lipinski definition) is 7. The molecule has 10 nitrogen and oxygen atoms in total. The fourth-order valence-electron chi connectivity index (χ4n) is 3.20. The number of carbonyl (C=O) groups excluding carboxylic acids is 1. The first-order chi connectivity index (χ1) is 15.1. The van der Waals surface area contributed by atoms with Crippen molar-refractivity contribution in [2.45, 2.75) is 25.8 Å². The van der Waals surface area contributed by atoms with E-state index >= 15 is 0 Å². The molecule has 0 fully saturated rings. The number of nitrogens with zero attached hydrogens (tertiary/aromatic N) is 2. The van der Waals surface area contributed by atoms with E-state index in [-0.39, 0.29) is 42.7 Å². The largest absolute Gasteiger partial charge is 0.497 e. The lowest BCUT2D eigenvalue weighted by Crippen LogP contribution is -2.32. The Bertz CT molecular complexity index is 1070. The van der Waals surface area contributed by atoms with Crippen molar-refractivity contribution in [3.63, 3.8) is 0 Å². The first kappa shape index (κ1) is 24.9. The molecule has 0 spiro atoms. The van der Waals surface area contributed by atoms with E-state index in [2.05, 4.69) is 5.32 Å². The number of ether oxygens (including phenoxy) is 2. The smallest absolute Gasteiger partial charge is 0.271 e. The van der Waals surface area contributed by atoms with Crippen molar-refractivity contribution in [2.75, 3.05) is 31.3 Å². The number of non-ortho nitro benzene ring substituents is 1. The summed E-state index contributed by atoms with van der Waals surface area (Å²) in [5, 5.41) is 13.9. The zero-order valence-corrected chi connectivity index (χ0v) is 19.2. The summed E-state index contributed by atoms with van der Waals surface area (Å²) in [5.74, 6) is 0.963. The summed E-state index contributed by atoms with van der Waals surface area (Å²) in [6, 6.07) is 10.3. The van der Waals surface area contributed by atoms with Crippen LogP contribution in [-0.4, -0.2) is 46.3 Å². The molecule has 1 amide bonds. The average molecular weight is 466 g/mol. The van der Waals surface area contributed by atoms with Crippen molar-refractivity contribution in [3.05, 3.63) is 58.1 Å². The summed E-state index contributed by atoms with van der Waals surface area (Å²) in [7, 11) is -0.612. The van der Waals surface area contributed by atoms with Crippen LogP contribution >= 0.6 is 0 Å². The van der Waals surface area contributed by atoms with Crippen LogP contribution in [0, 0.1) is 10.1 Å². The monoisotopic (exact) mass is 465 g/mol. The normalized spacial score (nSPS) is 12.0. The van der Waals surface area contributed by atoms with Crippen molar-refractivity contribution >= 4 is 27.3 Å². The van der Waals surface area contributed by atoms with Gasteiger partial charge in [-0.2, -0.15) is 0 Å². The quantitative estimate of drug-likeness (QED) is 0.399. The van der Waals surface area contributed by atoms with Crippen molar-refractivity contribution in [3.8, 4) is 11.5 Å². The lowest BCUT2D eigenvalue weighted by molar-refractivity contribution is -0.384. The molecule has 0 radical (unpaired) electrons. The Balaban J connectivity index is 2.04. The van der Waals surface area contributed by atoms with Crippen LogP contribution in [0.5, 0.6) is 11.5 Å². The van der Waals surface area contributed by atoms with Gasteiger partial charge in [-0.25, -0.2) is 8.42 Å². The van der Waals surface area contributed by atoms with Gasteiger partial charge in [0, 0.05) is 30.7 Å². The van der Waals surface area contributed by atoms with Gasteiger partial charge in [0.2, 0.25) is 15.9 Å². The maximum absolute atomic E-state index is 12.5. The Morgan fingerprint density at radius 3 is 2.50 bits per heavy atom. The highest BCUT2D eigenvalue weighted by Gasteiger charge is 2.20. The molecular weight excluding hydrogens is 438 g/mol. The number of benzene rings is 2. The highest BCUT2D eigenvalue weighted by atomic mass is 32.2. The van der Waals surface area contributed by atoms with Crippen LogP contribution in [0.25, 0.3) is 0 Å².